The molecule has 4 nitrogen and oxygen atoms in total. The number of hydrogen-bond donors (Lipinski definition) is 1. The number of nitrogens with one attached hydrogen (secondary N) is 1. The Hall–Kier alpha value is -3.25. The average molecular weight is 391 g/mol. The smallest absolute Gasteiger partial charge is 0.244 e. The zero-order chi connectivity index (χ0) is 19.5. The number of imidazole rings is 1. The Morgan fingerprint density at radius 1 is 1.18 bits per heavy atom. The summed E-state index contributed by atoms with van der Waals surface area (Å²) in [5.41, 5.74) is 3.69. The van der Waals surface area contributed by atoms with Gasteiger partial charge in [0.15, 0.2) is 4.96 Å². The molecule has 0 aliphatic rings. The van der Waals surface area contributed by atoms with E-state index in [1.165, 1.54) is 29.5 Å². The lowest BCUT2D eigenvalue weighted by Gasteiger charge is -2.01. The van der Waals surface area contributed by atoms with Gasteiger partial charge in [-0.2, -0.15) is 0 Å². The van der Waals surface area contributed by atoms with Crippen LogP contribution >= 0.6 is 11.3 Å². The Morgan fingerprint density at radius 3 is 2.64 bits per heavy atom. The van der Waals surface area contributed by atoms with Crippen molar-refractivity contribution in [3.8, 4) is 11.3 Å². The lowest BCUT2D eigenvalue weighted by Crippen LogP contribution is -2.20. The number of carbonyl (C=O) groups excluding carboxylic acids is 1. The van der Waals surface area contributed by atoms with Crippen LogP contribution in [0.25, 0.3) is 22.3 Å². The second-order valence-corrected chi connectivity index (χ2v) is 7.42. The van der Waals surface area contributed by atoms with Gasteiger partial charge in [-0.05, 0) is 42.8 Å². The van der Waals surface area contributed by atoms with Crippen LogP contribution in [0.4, 0.5) is 4.39 Å². The van der Waals surface area contributed by atoms with Gasteiger partial charge in [0.1, 0.15) is 5.82 Å². The summed E-state index contributed by atoms with van der Waals surface area (Å²) >= 11 is 1.54. The monoisotopic (exact) mass is 391 g/mol. The van der Waals surface area contributed by atoms with Gasteiger partial charge in [0.2, 0.25) is 5.91 Å². The summed E-state index contributed by atoms with van der Waals surface area (Å²) in [4.78, 5) is 18.6. The molecule has 0 atom stereocenters. The van der Waals surface area contributed by atoms with Crippen molar-refractivity contribution >= 4 is 28.3 Å². The minimum Gasteiger partial charge on any atom is -0.348 e. The van der Waals surface area contributed by atoms with E-state index in [0.717, 1.165) is 32.4 Å². The van der Waals surface area contributed by atoms with Crippen molar-refractivity contribution in [3.63, 3.8) is 0 Å². The van der Waals surface area contributed by atoms with E-state index >= 15 is 0 Å². The van der Waals surface area contributed by atoms with Gasteiger partial charge >= 0.3 is 0 Å². The third kappa shape index (κ3) is 3.87. The van der Waals surface area contributed by atoms with E-state index in [-0.39, 0.29) is 11.7 Å². The Kier molecular flexibility index (Phi) is 5.04. The normalized spacial score (nSPS) is 11.4. The number of hydrogen-bond acceptors (Lipinski definition) is 3. The topological polar surface area (TPSA) is 46.4 Å². The van der Waals surface area contributed by atoms with Crippen LogP contribution in [-0.2, 0) is 11.3 Å². The lowest BCUT2D eigenvalue weighted by atomic mass is 10.2. The van der Waals surface area contributed by atoms with Gasteiger partial charge in [-0.15, -0.1) is 0 Å². The van der Waals surface area contributed by atoms with E-state index in [4.69, 9.17) is 0 Å². The van der Waals surface area contributed by atoms with Crippen molar-refractivity contribution in [1.82, 2.24) is 14.7 Å². The number of nitrogens with zero attached hydrogens (tertiary/aromatic N) is 2. The fourth-order valence-corrected chi connectivity index (χ4v) is 3.92. The molecule has 0 saturated heterocycles. The largest absolute Gasteiger partial charge is 0.348 e. The molecule has 140 valence electrons. The molecule has 0 aliphatic carbocycles. The molecule has 2 aromatic heterocycles. The van der Waals surface area contributed by atoms with Gasteiger partial charge in [-0.3, -0.25) is 9.20 Å². The highest BCUT2D eigenvalue weighted by Gasteiger charge is 2.13. The van der Waals surface area contributed by atoms with Gasteiger partial charge in [0.25, 0.3) is 0 Å². The molecule has 28 heavy (non-hydrogen) atoms. The Labute approximate surface area is 166 Å². The summed E-state index contributed by atoms with van der Waals surface area (Å²) in [6.07, 6.45) is 5.27. The third-order valence-electron chi connectivity index (χ3n) is 4.44. The Balaban J connectivity index is 1.45. The molecule has 2 heterocycles. The number of aryl methyl sites for hydroxylation is 1. The van der Waals surface area contributed by atoms with E-state index in [1.807, 2.05) is 47.9 Å². The molecule has 0 fully saturated rings. The first-order chi connectivity index (χ1) is 13.6. The molecule has 0 unspecified atom stereocenters. The van der Waals surface area contributed by atoms with Crippen LogP contribution in [0, 0.1) is 12.7 Å². The predicted molar refractivity (Wildman–Crippen MR) is 111 cm³/mol. The van der Waals surface area contributed by atoms with Gasteiger partial charge in [0.05, 0.1) is 12.2 Å². The molecule has 0 spiro atoms. The maximum atomic E-state index is 13.1. The molecular formula is C22H18FN3OS. The number of carbonyl (C=O) groups is 1. The Bertz CT molecular complexity index is 1140. The van der Waals surface area contributed by atoms with Crippen LogP contribution in [0.3, 0.4) is 0 Å². The Morgan fingerprint density at radius 2 is 1.93 bits per heavy atom. The summed E-state index contributed by atoms with van der Waals surface area (Å²) < 4.78 is 15.1. The minimum atomic E-state index is -0.264. The number of fused-ring (bicyclic) bond motifs is 1. The number of amides is 1. The van der Waals surface area contributed by atoms with Crippen molar-refractivity contribution in [2.75, 3.05) is 0 Å². The van der Waals surface area contributed by atoms with Crippen molar-refractivity contribution in [3.05, 3.63) is 88.8 Å². The van der Waals surface area contributed by atoms with Crippen LogP contribution in [0.5, 0.6) is 0 Å². The second-order valence-electron chi connectivity index (χ2n) is 6.36. The quantitative estimate of drug-likeness (QED) is 0.495. The first-order valence-corrected chi connectivity index (χ1v) is 9.66. The zero-order valence-corrected chi connectivity index (χ0v) is 16.0. The van der Waals surface area contributed by atoms with E-state index in [1.54, 1.807) is 18.2 Å². The standard InChI is InChI=1S/C22H18FN3OS/c1-15-20(13-24-21(27)12-7-16-5-3-2-4-6-16)28-22-25-19(14-26(15)22)17-8-10-18(23)11-9-17/h2-12,14H,13H2,1H3,(H,24,27). The van der Waals surface area contributed by atoms with Crippen molar-refractivity contribution in [2.45, 2.75) is 13.5 Å². The maximum Gasteiger partial charge on any atom is 0.244 e. The van der Waals surface area contributed by atoms with Crippen LogP contribution in [0.2, 0.25) is 0 Å². The third-order valence-corrected chi connectivity index (χ3v) is 5.60. The molecule has 1 amide bonds. The van der Waals surface area contributed by atoms with Crippen LogP contribution in [-0.4, -0.2) is 15.3 Å². The highest BCUT2D eigenvalue weighted by atomic mass is 32.1. The average Bonchev–Trinajstić information content (AvgIpc) is 3.25. The van der Waals surface area contributed by atoms with E-state index in [2.05, 4.69) is 10.3 Å². The first kappa shape index (κ1) is 18.1. The summed E-state index contributed by atoms with van der Waals surface area (Å²) in [6.45, 7) is 2.45. The molecule has 0 saturated carbocycles. The van der Waals surface area contributed by atoms with E-state index in [0.29, 0.717) is 6.54 Å². The molecule has 4 rings (SSSR count). The molecule has 0 radical (unpaired) electrons. The molecule has 1 N–H and O–H groups in total. The van der Waals surface area contributed by atoms with Crippen molar-refractivity contribution in [2.24, 2.45) is 0 Å². The van der Waals surface area contributed by atoms with Crippen molar-refractivity contribution in [1.29, 1.82) is 0 Å². The number of thiazole rings is 1. The number of benzene rings is 2. The fourth-order valence-electron chi connectivity index (χ4n) is 2.88. The summed E-state index contributed by atoms with van der Waals surface area (Å²) in [7, 11) is 0. The van der Waals surface area contributed by atoms with Gasteiger partial charge in [0, 0.05) is 28.4 Å². The SMILES string of the molecule is Cc1c(CNC(=O)C=Cc2ccccc2)sc2nc(-c3ccc(F)cc3)cn12. The van der Waals surface area contributed by atoms with Gasteiger partial charge in [-0.1, -0.05) is 41.7 Å². The van der Waals surface area contributed by atoms with Crippen molar-refractivity contribution < 1.29 is 9.18 Å². The summed E-state index contributed by atoms with van der Waals surface area (Å²) in [6, 6.07) is 16.0. The molecule has 0 bridgehead atoms. The molecule has 4 aromatic rings. The summed E-state index contributed by atoms with van der Waals surface area (Å²) in [5.74, 6) is -0.401. The van der Waals surface area contributed by atoms with Crippen LogP contribution in [0.15, 0.2) is 66.9 Å². The molecular weight excluding hydrogens is 373 g/mol. The second kappa shape index (κ2) is 7.78. The summed E-state index contributed by atoms with van der Waals surface area (Å²) in [5, 5.41) is 2.92. The number of aromatic nitrogens is 2. The zero-order valence-electron chi connectivity index (χ0n) is 15.2. The van der Waals surface area contributed by atoms with Gasteiger partial charge < -0.3 is 5.32 Å². The van der Waals surface area contributed by atoms with E-state index in [9.17, 15) is 9.18 Å². The molecule has 6 heteroatoms. The minimum absolute atomic E-state index is 0.138. The molecule has 0 aliphatic heterocycles. The maximum absolute atomic E-state index is 13.1. The van der Waals surface area contributed by atoms with Gasteiger partial charge in [-0.25, -0.2) is 9.37 Å². The predicted octanol–water partition coefficient (Wildman–Crippen LogP) is 4.84. The highest BCUT2D eigenvalue weighted by molar-refractivity contribution is 7.17. The van der Waals surface area contributed by atoms with E-state index < -0.39 is 0 Å². The number of rotatable bonds is 5. The lowest BCUT2D eigenvalue weighted by molar-refractivity contribution is -0.116. The first-order valence-electron chi connectivity index (χ1n) is 8.84. The molecule has 2 aromatic carbocycles. The van der Waals surface area contributed by atoms with Crippen LogP contribution in [0.1, 0.15) is 16.1 Å². The highest BCUT2D eigenvalue weighted by Crippen LogP contribution is 2.27. The van der Waals surface area contributed by atoms with Crippen LogP contribution < -0.4 is 5.32 Å². The number of halogens is 1. The fraction of sp³-hybridized carbons (Fsp3) is 0.0909.